The maximum Gasteiger partial charge on any atom is 0.0978 e. The first-order valence-corrected chi connectivity index (χ1v) is 4.53. The molecule has 1 nitrogen and oxygen atoms in total. The fraction of sp³-hybridized carbons (Fsp3) is 0.333. The molecule has 0 spiro atoms. The highest BCUT2D eigenvalue weighted by atomic mass is 32.1. The van der Waals surface area contributed by atoms with Gasteiger partial charge in [0.2, 0.25) is 0 Å². The van der Waals surface area contributed by atoms with Crippen LogP contribution in [0.1, 0.15) is 0 Å². The molecule has 0 aromatic carbocycles. The lowest BCUT2D eigenvalue weighted by molar-refractivity contribution is -0.906. The molecule has 0 saturated heterocycles. The molecule has 0 unspecified atom stereocenters. The summed E-state index contributed by atoms with van der Waals surface area (Å²) < 4.78 is 0.903. The van der Waals surface area contributed by atoms with Crippen LogP contribution in [0.4, 0.5) is 0 Å². The lowest BCUT2D eigenvalue weighted by Crippen LogP contribution is -2.48. The Bertz CT molecular complexity index is 151. The average molecular weight is 212 g/mol. The van der Waals surface area contributed by atoms with E-state index >= 15 is 0 Å². The van der Waals surface area contributed by atoms with Gasteiger partial charge in [0.05, 0.1) is 26.2 Å². The molecule has 0 aromatic heterocycles. The number of quaternary nitrogens is 1. The summed E-state index contributed by atoms with van der Waals surface area (Å²) in [7, 11) is 0. The zero-order valence-electron chi connectivity index (χ0n) is 8.91. The largest absolute Gasteiger partial charge is 0.311 e. The predicted molar refractivity (Wildman–Crippen MR) is 70.9 cm³/mol. The van der Waals surface area contributed by atoms with Gasteiger partial charge in [-0.05, 0) is 24.3 Å². The molecule has 0 atom stereocenters. The average Bonchev–Trinajstić information content (AvgIpc) is 2.06. The molecule has 80 valence electrons. The minimum absolute atomic E-state index is 0. The molecule has 0 heterocycles. The van der Waals surface area contributed by atoms with Gasteiger partial charge in [0, 0.05) is 0 Å². The second-order valence-corrected chi connectivity index (χ2v) is 3.23. The van der Waals surface area contributed by atoms with E-state index in [9.17, 15) is 0 Å². The van der Waals surface area contributed by atoms with Crippen LogP contribution in [0, 0.1) is 0 Å². The Kier molecular flexibility index (Phi) is 9.94. The van der Waals surface area contributed by atoms with Crippen LogP contribution in [0.5, 0.6) is 0 Å². The second-order valence-electron chi connectivity index (χ2n) is 3.23. The number of hydrogen-bond donors (Lipinski definition) is 0. The third-order valence-electron chi connectivity index (χ3n) is 2.07. The molecule has 2 heteroatoms. The molecule has 0 rings (SSSR count). The van der Waals surface area contributed by atoms with E-state index in [-0.39, 0.29) is 13.5 Å². The van der Waals surface area contributed by atoms with Crippen LogP contribution in [-0.2, 0) is 0 Å². The quantitative estimate of drug-likeness (QED) is 0.429. The van der Waals surface area contributed by atoms with Gasteiger partial charge in [-0.15, -0.1) is 0 Å². The van der Waals surface area contributed by atoms with Gasteiger partial charge in [0.25, 0.3) is 0 Å². The topological polar surface area (TPSA) is 0 Å². The summed E-state index contributed by atoms with van der Waals surface area (Å²) in [6.45, 7) is 18.8. The molecule has 14 heavy (non-hydrogen) atoms. The molecule has 0 aliphatic heterocycles. The van der Waals surface area contributed by atoms with E-state index in [1.54, 1.807) is 0 Å². The molecule has 0 fully saturated rings. The van der Waals surface area contributed by atoms with Crippen LogP contribution in [-0.4, -0.2) is 30.7 Å². The van der Waals surface area contributed by atoms with E-state index in [1.807, 2.05) is 24.3 Å². The third kappa shape index (κ3) is 5.10. The van der Waals surface area contributed by atoms with Crippen LogP contribution >= 0.6 is 13.5 Å². The monoisotopic (exact) mass is 212 g/mol. The van der Waals surface area contributed by atoms with Crippen molar-refractivity contribution in [3.05, 3.63) is 50.6 Å². The smallest absolute Gasteiger partial charge is 0.0978 e. The first-order chi connectivity index (χ1) is 6.24. The second kappa shape index (κ2) is 8.85. The Labute approximate surface area is 95.2 Å². The molecule has 0 bridgehead atoms. The van der Waals surface area contributed by atoms with E-state index in [4.69, 9.17) is 0 Å². The van der Waals surface area contributed by atoms with Crippen molar-refractivity contribution in [3.8, 4) is 0 Å². The van der Waals surface area contributed by atoms with Gasteiger partial charge in [0.1, 0.15) is 0 Å². The Morgan fingerprint density at radius 2 is 0.857 bits per heavy atom. The minimum Gasteiger partial charge on any atom is -0.311 e. The van der Waals surface area contributed by atoms with Crippen molar-refractivity contribution in [1.29, 1.82) is 0 Å². The molecular formula is C12H22NS+. The molecule has 0 saturated carbocycles. The lowest BCUT2D eigenvalue weighted by Gasteiger charge is -2.35. The summed E-state index contributed by atoms with van der Waals surface area (Å²) in [5.41, 5.74) is 0. The zero-order chi connectivity index (χ0) is 10.2. The Balaban J connectivity index is 0. The molecule has 0 aromatic rings. The van der Waals surface area contributed by atoms with E-state index in [0.717, 1.165) is 30.7 Å². The first-order valence-electron chi connectivity index (χ1n) is 4.53. The van der Waals surface area contributed by atoms with E-state index in [0.29, 0.717) is 0 Å². The maximum atomic E-state index is 3.77. The fourth-order valence-corrected chi connectivity index (χ4v) is 1.54. The van der Waals surface area contributed by atoms with Gasteiger partial charge < -0.3 is 4.48 Å². The zero-order valence-corrected chi connectivity index (χ0v) is 9.91. The van der Waals surface area contributed by atoms with Crippen molar-refractivity contribution in [1.82, 2.24) is 0 Å². The standard InChI is InChI=1S/C12H20N.H2S/c1-5-9-13(10-6-2,11-7-3)12-8-4;/h5-8H,1-4,9-12H2;1H2/q+1;. The highest BCUT2D eigenvalue weighted by Crippen LogP contribution is 2.07. The predicted octanol–water partition coefficient (Wildman–Crippen LogP) is 2.66. The van der Waals surface area contributed by atoms with Crippen molar-refractivity contribution in [2.75, 3.05) is 26.2 Å². The molecule has 0 aliphatic carbocycles. The number of hydrogen-bond acceptors (Lipinski definition) is 0. The van der Waals surface area contributed by atoms with Crippen molar-refractivity contribution in [2.45, 2.75) is 0 Å². The molecule has 0 amide bonds. The Hall–Kier alpha value is -0.730. The van der Waals surface area contributed by atoms with Crippen LogP contribution in [0.15, 0.2) is 50.6 Å². The van der Waals surface area contributed by atoms with Crippen molar-refractivity contribution in [3.63, 3.8) is 0 Å². The van der Waals surface area contributed by atoms with E-state index in [2.05, 4.69) is 26.3 Å². The van der Waals surface area contributed by atoms with Crippen LogP contribution in [0.3, 0.4) is 0 Å². The fourth-order valence-electron chi connectivity index (χ4n) is 1.54. The summed E-state index contributed by atoms with van der Waals surface area (Å²) in [6, 6.07) is 0. The SMILES string of the molecule is C=CC[N+](CC=C)(CC=C)CC=C.S. The van der Waals surface area contributed by atoms with Crippen molar-refractivity contribution < 1.29 is 4.48 Å². The first kappa shape index (κ1) is 15.7. The number of nitrogens with zero attached hydrogens (tertiary/aromatic N) is 1. The highest BCUT2D eigenvalue weighted by molar-refractivity contribution is 7.59. The van der Waals surface area contributed by atoms with Gasteiger partial charge in [0.15, 0.2) is 0 Å². The van der Waals surface area contributed by atoms with Gasteiger partial charge in [-0.3, -0.25) is 0 Å². The van der Waals surface area contributed by atoms with E-state index < -0.39 is 0 Å². The van der Waals surface area contributed by atoms with Crippen molar-refractivity contribution >= 4 is 13.5 Å². The molecule has 0 radical (unpaired) electrons. The number of rotatable bonds is 8. The summed E-state index contributed by atoms with van der Waals surface area (Å²) in [5, 5.41) is 0. The Morgan fingerprint density at radius 3 is 1.00 bits per heavy atom. The van der Waals surface area contributed by atoms with Gasteiger partial charge >= 0.3 is 0 Å². The van der Waals surface area contributed by atoms with Crippen LogP contribution in [0.25, 0.3) is 0 Å². The highest BCUT2D eigenvalue weighted by Gasteiger charge is 2.20. The molecule has 0 aliphatic rings. The summed E-state index contributed by atoms with van der Waals surface area (Å²) in [6.07, 6.45) is 7.76. The van der Waals surface area contributed by atoms with Crippen molar-refractivity contribution in [2.24, 2.45) is 0 Å². The third-order valence-corrected chi connectivity index (χ3v) is 2.07. The Morgan fingerprint density at radius 1 is 0.643 bits per heavy atom. The lowest BCUT2D eigenvalue weighted by atomic mass is 10.3. The minimum atomic E-state index is 0. The summed E-state index contributed by atoms with van der Waals surface area (Å²) in [4.78, 5) is 0. The van der Waals surface area contributed by atoms with Crippen LogP contribution in [0.2, 0.25) is 0 Å². The molecule has 0 N–H and O–H groups in total. The normalized spacial score (nSPS) is 9.71. The van der Waals surface area contributed by atoms with Crippen LogP contribution < -0.4 is 0 Å². The van der Waals surface area contributed by atoms with E-state index in [1.165, 1.54) is 0 Å². The van der Waals surface area contributed by atoms with Gasteiger partial charge in [-0.25, -0.2) is 0 Å². The molecular weight excluding hydrogens is 190 g/mol. The summed E-state index contributed by atoms with van der Waals surface area (Å²) >= 11 is 0. The maximum absolute atomic E-state index is 3.77. The van der Waals surface area contributed by atoms with Gasteiger partial charge in [-0.1, -0.05) is 26.3 Å². The van der Waals surface area contributed by atoms with Gasteiger partial charge in [-0.2, -0.15) is 13.5 Å². The summed E-state index contributed by atoms with van der Waals surface area (Å²) in [5.74, 6) is 0.